The fraction of sp³-hybridized carbons (Fsp3) is 0.389. The van der Waals surface area contributed by atoms with Crippen molar-refractivity contribution in [3.63, 3.8) is 0 Å². The zero-order valence-corrected chi connectivity index (χ0v) is 14.5. The quantitative estimate of drug-likeness (QED) is 0.321. The van der Waals surface area contributed by atoms with Gasteiger partial charge in [-0.15, -0.1) is 0 Å². The molecule has 2 bridgehead atoms. The Morgan fingerprint density at radius 3 is 2.26 bits per heavy atom. The molecule has 0 aromatic heterocycles. The maximum atomic E-state index is 12.8. The van der Waals surface area contributed by atoms with Gasteiger partial charge in [0.2, 0.25) is 0 Å². The lowest BCUT2D eigenvalue weighted by molar-refractivity contribution is -0.140. The van der Waals surface area contributed by atoms with Crippen molar-refractivity contribution in [1.29, 1.82) is 0 Å². The molecule has 6 atom stereocenters. The lowest BCUT2D eigenvalue weighted by Gasteiger charge is -2.37. The first-order chi connectivity index (χ1) is 11.2. The lowest BCUT2D eigenvalue weighted by atomic mass is 9.63. The molecule has 5 aliphatic rings. The average Bonchev–Trinajstić information content (AvgIpc) is 3.33. The Hall–Kier alpha value is -1.50. The summed E-state index contributed by atoms with van der Waals surface area (Å²) in [5.74, 6) is 1.20. The Morgan fingerprint density at radius 1 is 1.04 bits per heavy atom. The molecule has 1 heterocycles. The lowest BCUT2D eigenvalue weighted by Crippen LogP contribution is -2.40. The van der Waals surface area contributed by atoms with Gasteiger partial charge in [0.15, 0.2) is 0 Å². The molecule has 4 nitrogen and oxygen atoms in total. The van der Waals surface area contributed by atoms with Crippen LogP contribution < -0.4 is 0 Å². The molecule has 4 aliphatic carbocycles. The minimum absolute atomic E-state index is 0.105. The van der Waals surface area contributed by atoms with Crippen molar-refractivity contribution in [2.75, 3.05) is 0 Å². The van der Waals surface area contributed by atoms with Crippen molar-refractivity contribution in [3.05, 3.63) is 45.6 Å². The first-order valence-corrected chi connectivity index (χ1v) is 9.09. The number of carbonyl (C=O) groups excluding carboxylic acids is 2. The van der Waals surface area contributed by atoms with E-state index < -0.39 is 0 Å². The maximum absolute atomic E-state index is 12.8. The third kappa shape index (κ3) is 1.86. The molecular weight excluding hydrogens is 403 g/mol. The van der Waals surface area contributed by atoms with Gasteiger partial charge in [-0.2, -0.15) is 10.1 Å². The maximum Gasteiger partial charge on any atom is 0.254 e. The predicted octanol–water partition coefficient (Wildman–Crippen LogP) is 2.68. The second kappa shape index (κ2) is 4.75. The van der Waals surface area contributed by atoms with Gasteiger partial charge in [0.05, 0.1) is 18.1 Å². The summed E-state index contributed by atoms with van der Waals surface area (Å²) in [4.78, 5) is 25.5. The Labute approximate surface area is 147 Å². The molecule has 2 amide bonds. The van der Waals surface area contributed by atoms with Crippen LogP contribution in [0, 0.1) is 39.1 Å². The summed E-state index contributed by atoms with van der Waals surface area (Å²) in [6, 6.07) is 7.79. The fourth-order valence-electron chi connectivity index (χ4n) is 4.75. The number of rotatable bonds is 2. The highest BCUT2D eigenvalue weighted by molar-refractivity contribution is 14.1. The van der Waals surface area contributed by atoms with Crippen LogP contribution in [0.4, 0.5) is 0 Å². The largest absolute Gasteiger partial charge is 0.272 e. The van der Waals surface area contributed by atoms with E-state index in [1.807, 2.05) is 24.3 Å². The summed E-state index contributed by atoms with van der Waals surface area (Å²) in [5, 5.41) is 5.39. The second-order valence-electron chi connectivity index (χ2n) is 6.91. The van der Waals surface area contributed by atoms with Gasteiger partial charge in [-0.3, -0.25) is 9.59 Å². The standard InChI is InChI=1S/C18H15IN2O2/c19-14-4-2-1-3-9(14)8-20-21-17(22)15-10-5-6-11(13-7-12(10)13)16(15)18(21)23/h1-6,8,10-13,15-16H,7H2/t10-,11-,12-,13+,15+,16+/m0/s1. The van der Waals surface area contributed by atoms with Crippen LogP contribution in [0.1, 0.15) is 12.0 Å². The van der Waals surface area contributed by atoms with E-state index >= 15 is 0 Å². The van der Waals surface area contributed by atoms with E-state index in [1.54, 1.807) is 6.21 Å². The number of hydrazone groups is 1. The molecule has 1 aliphatic heterocycles. The van der Waals surface area contributed by atoms with Gasteiger partial charge in [0.25, 0.3) is 11.8 Å². The van der Waals surface area contributed by atoms with Crippen LogP contribution in [0.2, 0.25) is 0 Å². The summed E-state index contributed by atoms with van der Waals surface area (Å²) in [7, 11) is 0. The molecule has 116 valence electrons. The van der Waals surface area contributed by atoms with Crippen LogP contribution in [0.5, 0.6) is 0 Å². The Kier molecular flexibility index (Phi) is 2.87. The number of halogens is 1. The van der Waals surface area contributed by atoms with Crippen LogP contribution in [0.15, 0.2) is 41.5 Å². The van der Waals surface area contributed by atoms with Crippen LogP contribution in [-0.2, 0) is 9.59 Å². The van der Waals surface area contributed by atoms with Gasteiger partial charge >= 0.3 is 0 Å². The van der Waals surface area contributed by atoms with Crippen molar-refractivity contribution in [2.45, 2.75) is 6.42 Å². The van der Waals surface area contributed by atoms with Gasteiger partial charge in [0, 0.05) is 9.13 Å². The molecule has 6 rings (SSSR count). The van der Waals surface area contributed by atoms with E-state index in [0.717, 1.165) is 14.1 Å². The van der Waals surface area contributed by atoms with Gasteiger partial charge in [0.1, 0.15) is 0 Å². The first kappa shape index (κ1) is 13.9. The van der Waals surface area contributed by atoms with Gasteiger partial charge in [-0.05, 0) is 58.7 Å². The Morgan fingerprint density at radius 2 is 1.65 bits per heavy atom. The highest BCUT2D eigenvalue weighted by Gasteiger charge is 2.67. The molecule has 1 aromatic carbocycles. The average molecular weight is 418 g/mol. The fourth-order valence-corrected chi connectivity index (χ4v) is 5.28. The molecule has 2 saturated carbocycles. The van der Waals surface area contributed by atoms with Crippen molar-refractivity contribution < 1.29 is 9.59 Å². The van der Waals surface area contributed by atoms with E-state index in [2.05, 4.69) is 39.8 Å². The van der Waals surface area contributed by atoms with E-state index in [0.29, 0.717) is 11.8 Å². The number of hydrogen-bond acceptors (Lipinski definition) is 3. The van der Waals surface area contributed by atoms with Crippen molar-refractivity contribution in [2.24, 2.45) is 40.6 Å². The number of amides is 2. The molecule has 23 heavy (non-hydrogen) atoms. The molecule has 1 aromatic rings. The second-order valence-corrected chi connectivity index (χ2v) is 8.07. The molecule has 3 fully saturated rings. The number of imide groups is 1. The molecule has 0 radical (unpaired) electrons. The summed E-state index contributed by atoms with van der Waals surface area (Å²) in [6.45, 7) is 0. The topological polar surface area (TPSA) is 49.7 Å². The molecule has 0 unspecified atom stereocenters. The minimum Gasteiger partial charge on any atom is -0.272 e. The van der Waals surface area contributed by atoms with E-state index in [9.17, 15) is 9.59 Å². The number of benzene rings is 1. The van der Waals surface area contributed by atoms with Gasteiger partial charge < -0.3 is 0 Å². The van der Waals surface area contributed by atoms with Crippen LogP contribution in [0.25, 0.3) is 0 Å². The Bertz CT molecular complexity index is 751. The van der Waals surface area contributed by atoms with Gasteiger partial charge in [-0.1, -0.05) is 30.4 Å². The summed E-state index contributed by atoms with van der Waals surface area (Å²) in [5.41, 5.74) is 0.924. The first-order valence-electron chi connectivity index (χ1n) is 8.01. The number of carbonyl (C=O) groups is 2. The number of hydrogen-bond donors (Lipinski definition) is 0. The highest BCUT2D eigenvalue weighted by Crippen LogP contribution is 2.65. The third-order valence-electron chi connectivity index (χ3n) is 5.86. The smallest absolute Gasteiger partial charge is 0.254 e. The molecule has 0 N–H and O–H groups in total. The monoisotopic (exact) mass is 418 g/mol. The van der Waals surface area contributed by atoms with Crippen LogP contribution in [0.3, 0.4) is 0 Å². The summed E-state index contributed by atoms with van der Waals surface area (Å²) in [6.07, 6.45) is 7.17. The van der Waals surface area contributed by atoms with Crippen LogP contribution in [-0.4, -0.2) is 23.0 Å². The SMILES string of the molecule is O=C1[C@@H]2[C@H]3C=C[C@@H]([C@@H]4C[C@H]34)[C@H]2C(=O)N1N=Cc1ccccc1I. The minimum atomic E-state index is -0.173. The van der Waals surface area contributed by atoms with Crippen molar-refractivity contribution in [3.8, 4) is 0 Å². The van der Waals surface area contributed by atoms with Crippen LogP contribution >= 0.6 is 22.6 Å². The van der Waals surface area contributed by atoms with E-state index in [4.69, 9.17) is 0 Å². The molecule has 5 heteroatoms. The Balaban J connectivity index is 1.47. The molecule has 1 saturated heterocycles. The normalized spacial score (nSPS) is 40.0. The molecular formula is C18H15IN2O2. The zero-order chi connectivity index (χ0) is 15.7. The van der Waals surface area contributed by atoms with Crippen molar-refractivity contribution in [1.82, 2.24) is 5.01 Å². The van der Waals surface area contributed by atoms with Gasteiger partial charge in [-0.25, -0.2) is 0 Å². The summed E-state index contributed by atoms with van der Waals surface area (Å²) >= 11 is 2.23. The van der Waals surface area contributed by atoms with Crippen molar-refractivity contribution >= 4 is 40.6 Å². The number of allylic oxidation sites excluding steroid dienone is 2. The summed E-state index contributed by atoms with van der Waals surface area (Å²) < 4.78 is 1.05. The molecule has 0 spiro atoms. The highest BCUT2D eigenvalue weighted by atomic mass is 127. The number of nitrogens with zero attached hydrogens (tertiary/aromatic N) is 2. The van der Waals surface area contributed by atoms with E-state index in [-0.39, 0.29) is 35.5 Å². The zero-order valence-electron chi connectivity index (χ0n) is 12.3. The predicted molar refractivity (Wildman–Crippen MR) is 93.3 cm³/mol. The van der Waals surface area contributed by atoms with E-state index in [1.165, 1.54) is 6.42 Å². The third-order valence-corrected chi connectivity index (χ3v) is 6.84.